The minimum Gasteiger partial charge on any atom is -0.322 e. The summed E-state index contributed by atoms with van der Waals surface area (Å²) in [5.74, 6) is -0.341. The van der Waals surface area contributed by atoms with Crippen molar-refractivity contribution in [3.63, 3.8) is 0 Å². The monoisotopic (exact) mass is 412 g/mol. The smallest absolute Gasteiger partial charge is 0.322 e. The number of imide groups is 1. The molecule has 4 rings (SSSR count). The number of nitrogens with zero attached hydrogens (tertiary/aromatic N) is 3. The maximum atomic E-state index is 12.5. The lowest BCUT2D eigenvalue weighted by Crippen LogP contribution is -2.42. The minimum atomic E-state index is -0.899. The quantitative estimate of drug-likeness (QED) is 0.446. The van der Waals surface area contributed by atoms with Crippen molar-refractivity contribution in [2.75, 3.05) is 4.90 Å². The van der Waals surface area contributed by atoms with Crippen molar-refractivity contribution >= 4 is 35.2 Å². The standard InChI is InChI=1S/C25H24N4O2/c1-3-25(2)23(30)29(24(31)27-25)26-18-19-14-16-22(17-15-19)28(20-10-6-4-7-11-20)21-12-8-5-9-13-21/h4-18H,3H2,1-2H3,(H,27,31). The van der Waals surface area contributed by atoms with Crippen molar-refractivity contribution in [3.8, 4) is 0 Å². The van der Waals surface area contributed by atoms with Crippen LogP contribution in [0.15, 0.2) is 90.0 Å². The summed E-state index contributed by atoms with van der Waals surface area (Å²) in [6, 6.07) is 27.6. The summed E-state index contributed by atoms with van der Waals surface area (Å²) in [6.45, 7) is 3.56. The molecule has 1 saturated heterocycles. The lowest BCUT2D eigenvalue weighted by atomic mass is 10.00. The molecule has 1 aliphatic heterocycles. The van der Waals surface area contributed by atoms with Crippen LogP contribution in [-0.2, 0) is 4.79 Å². The molecule has 1 atom stereocenters. The average Bonchev–Trinajstić information content (AvgIpc) is 3.03. The Balaban J connectivity index is 1.59. The summed E-state index contributed by atoms with van der Waals surface area (Å²) in [7, 11) is 0. The van der Waals surface area contributed by atoms with Gasteiger partial charge in [0.1, 0.15) is 5.54 Å². The fourth-order valence-corrected chi connectivity index (χ4v) is 3.45. The van der Waals surface area contributed by atoms with Crippen LogP contribution in [0.4, 0.5) is 21.9 Å². The zero-order chi connectivity index (χ0) is 21.8. The second-order valence-corrected chi connectivity index (χ2v) is 7.58. The molecule has 0 saturated carbocycles. The van der Waals surface area contributed by atoms with Crippen molar-refractivity contribution in [1.29, 1.82) is 0 Å². The third-order valence-corrected chi connectivity index (χ3v) is 5.45. The van der Waals surface area contributed by atoms with E-state index in [4.69, 9.17) is 0 Å². The lowest BCUT2D eigenvalue weighted by molar-refractivity contribution is -0.130. The van der Waals surface area contributed by atoms with E-state index in [2.05, 4.69) is 39.6 Å². The van der Waals surface area contributed by atoms with Gasteiger partial charge in [-0.1, -0.05) is 55.5 Å². The Bertz CT molecular complexity index is 1060. The first kappa shape index (κ1) is 20.3. The van der Waals surface area contributed by atoms with Crippen LogP contribution in [0.1, 0.15) is 25.8 Å². The molecule has 1 N–H and O–H groups in total. The zero-order valence-corrected chi connectivity index (χ0v) is 17.5. The number of para-hydroxylation sites is 2. The number of benzene rings is 3. The minimum absolute atomic E-state index is 0.341. The van der Waals surface area contributed by atoms with Gasteiger partial charge >= 0.3 is 6.03 Å². The average molecular weight is 412 g/mol. The van der Waals surface area contributed by atoms with E-state index in [-0.39, 0.29) is 5.91 Å². The number of hydrogen-bond acceptors (Lipinski definition) is 4. The molecule has 0 aromatic heterocycles. The van der Waals surface area contributed by atoms with Crippen LogP contribution in [-0.4, -0.2) is 28.7 Å². The third-order valence-electron chi connectivity index (χ3n) is 5.45. The van der Waals surface area contributed by atoms with Crippen molar-refractivity contribution in [2.45, 2.75) is 25.8 Å². The Morgan fingerprint density at radius 1 is 0.871 bits per heavy atom. The Labute approximate surface area is 181 Å². The first-order valence-electron chi connectivity index (χ1n) is 10.2. The SMILES string of the molecule is CCC1(C)NC(=O)N(N=Cc2ccc(N(c3ccccc3)c3ccccc3)cc2)C1=O. The molecular weight excluding hydrogens is 388 g/mol. The van der Waals surface area contributed by atoms with Gasteiger partial charge in [-0.05, 0) is 55.3 Å². The van der Waals surface area contributed by atoms with Gasteiger partial charge in [-0.2, -0.15) is 5.10 Å². The van der Waals surface area contributed by atoms with E-state index in [9.17, 15) is 9.59 Å². The second-order valence-electron chi connectivity index (χ2n) is 7.58. The van der Waals surface area contributed by atoms with Gasteiger partial charge in [-0.25, -0.2) is 4.79 Å². The number of nitrogens with one attached hydrogen (secondary N) is 1. The molecule has 3 aromatic carbocycles. The normalized spacial score (nSPS) is 18.5. The number of anilines is 3. The highest BCUT2D eigenvalue weighted by molar-refractivity contribution is 6.07. The second kappa shape index (κ2) is 8.44. The third kappa shape index (κ3) is 4.05. The Morgan fingerprint density at radius 2 is 1.39 bits per heavy atom. The van der Waals surface area contributed by atoms with E-state index < -0.39 is 11.6 Å². The molecule has 1 heterocycles. The summed E-state index contributed by atoms with van der Waals surface area (Å²) < 4.78 is 0. The Morgan fingerprint density at radius 3 is 1.87 bits per heavy atom. The summed E-state index contributed by atoms with van der Waals surface area (Å²) in [6.07, 6.45) is 2.03. The molecule has 0 radical (unpaired) electrons. The number of amides is 3. The van der Waals surface area contributed by atoms with E-state index in [1.165, 1.54) is 6.21 Å². The van der Waals surface area contributed by atoms with E-state index in [0.29, 0.717) is 6.42 Å². The molecule has 31 heavy (non-hydrogen) atoms. The van der Waals surface area contributed by atoms with Gasteiger partial charge in [-0.15, -0.1) is 5.01 Å². The van der Waals surface area contributed by atoms with Crippen LogP contribution in [0.5, 0.6) is 0 Å². The first-order valence-corrected chi connectivity index (χ1v) is 10.2. The highest BCUT2D eigenvalue weighted by atomic mass is 16.2. The van der Waals surface area contributed by atoms with Gasteiger partial charge in [0, 0.05) is 17.1 Å². The molecule has 1 fully saturated rings. The van der Waals surface area contributed by atoms with Gasteiger partial charge in [-0.3, -0.25) is 4.79 Å². The number of rotatable bonds is 6. The van der Waals surface area contributed by atoms with Gasteiger partial charge in [0.2, 0.25) is 0 Å². The van der Waals surface area contributed by atoms with Crippen LogP contribution in [0.2, 0.25) is 0 Å². The molecule has 0 bridgehead atoms. The maximum Gasteiger partial charge on any atom is 0.346 e. The Hall–Kier alpha value is -3.93. The van der Waals surface area contributed by atoms with Crippen LogP contribution in [0.25, 0.3) is 0 Å². The highest BCUT2D eigenvalue weighted by Crippen LogP contribution is 2.34. The van der Waals surface area contributed by atoms with E-state index in [1.54, 1.807) is 6.92 Å². The molecule has 6 heteroatoms. The van der Waals surface area contributed by atoms with Gasteiger partial charge < -0.3 is 10.2 Å². The highest BCUT2D eigenvalue weighted by Gasteiger charge is 2.46. The maximum absolute atomic E-state index is 12.5. The number of hydrazone groups is 1. The largest absolute Gasteiger partial charge is 0.346 e. The fourth-order valence-electron chi connectivity index (χ4n) is 3.45. The van der Waals surface area contributed by atoms with E-state index in [1.807, 2.05) is 67.6 Å². The zero-order valence-electron chi connectivity index (χ0n) is 17.5. The summed E-state index contributed by atoms with van der Waals surface area (Å²) >= 11 is 0. The van der Waals surface area contributed by atoms with Crippen LogP contribution >= 0.6 is 0 Å². The molecule has 0 aliphatic carbocycles. The number of urea groups is 1. The van der Waals surface area contributed by atoms with E-state index in [0.717, 1.165) is 27.6 Å². The van der Waals surface area contributed by atoms with Crippen LogP contribution in [0, 0.1) is 0 Å². The number of carbonyl (C=O) groups excluding carboxylic acids is 2. The predicted octanol–water partition coefficient (Wildman–Crippen LogP) is 5.21. The molecule has 1 aliphatic rings. The van der Waals surface area contributed by atoms with Crippen molar-refractivity contribution in [3.05, 3.63) is 90.5 Å². The summed E-state index contributed by atoms with van der Waals surface area (Å²) in [5.41, 5.74) is 2.98. The molecule has 156 valence electrons. The van der Waals surface area contributed by atoms with Crippen LogP contribution in [0.3, 0.4) is 0 Å². The molecular formula is C25H24N4O2. The summed E-state index contributed by atoms with van der Waals surface area (Å²) in [4.78, 5) is 26.7. The Kier molecular flexibility index (Phi) is 5.54. The van der Waals surface area contributed by atoms with Crippen LogP contribution < -0.4 is 10.2 Å². The van der Waals surface area contributed by atoms with E-state index >= 15 is 0 Å². The van der Waals surface area contributed by atoms with Gasteiger partial charge in [0.15, 0.2) is 0 Å². The van der Waals surface area contributed by atoms with Crippen molar-refractivity contribution in [2.24, 2.45) is 5.10 Å². The van der Waals surface area contributed by atoms with Crippen molar-refractivity contribution in [1.82, 2.24) is 10.3 Å². The molecule has 3 amide bonds. The summed E-state index contributed by atoms with van der Waals surface area (Å²) in [5, 5.41) is 7.72. The topological polar surface area (TPSA) is 65.0 Å². The lowest BCUT2D eigenvalue weighted by Gasteiger charge is -2.25. The number of carbonyl (C=O) groups is 2. The van der Waals surface area contributed by atoms with Gasteiger partial charge in [0.05, 0.1) is 6.21 Å². The number of hydrogen-bond donors (Lipinski definition) is 1. The van der Waals surface area contributed by atoms with Crippen molar-refractivity contribution < 1.29 is 9.59 Å². The molecule has 1 unspecified atom stereocenters. The molecule has 6 nitrogen and oxygen atoms in total. The molecule has 0 spiro atoms. The first-order chi connectivity index (χ1) is 15.0. The predicted molar refractivity (Wildman–Crippen MR) is 123 cm³/mol. The molecule has 3 aromatic rings. The fraction of sp³-hybridized carbons (Fsp3) is 0.160. The van der Waals surface area contributed by atoms with Gasteiger partial charge in [0.25, 0.3) is 5.91 Å².